The molecule has 0 bridgehead atoms. The van der Waals surface area contributed by atoms with E-state index in [1.165, 1.54) is 6.08 Å². The summed E-state index contributed by atoms with van der Waals surface area (Å²) in [7, 11) is 5.41. The number of nitrogens with one attached hydrogen (secondary N) is 3. The van der Waals surface area contributed by atoms with Crippen molar-refractivity contribution >= 4 is 28.6 Å². The van der Waals surface area contributed by atoms with Crippen LogP contribution in [0.15, 0.2) is 43.1 Å². The number of aromatic nitrogens is 3. The number of pyridine rings is 1. The van der Waals surface area contributed by atoms with Crippen LogP contribution in [0.1, 0.15) is 0 Å². The zero-order chi connectivity index (χ0) is 28.8. The third-order valence-electron chi connectivity index (χ3n) is 7.44. The molecule has 4 heterocycles. The Morgan fingerprint density at radius 2 is 1.80 bits per heavy atom. The predicted octanol–water partition coefficient (Wildman–Crippen LogP) is 1.85. The number of carbonyl (C=O) groups is 1. The second-order valence-electron chi connectivity index (χ2n) is 10.3. The average molecular weight is 563 g/mol. The van der Waals surface area contributed by atoms with Gasteiger partial charge in [0.25, 0.3) is 0 Å². The van der Waals surface area contributed by atoms with Crippen LogP contribution in [0.2, 0.25) is 0 Å². The molecule has 218 valence electrons. The van der Waals surface area contributed by atoms with Gasteiger partial charge < -0.3 is 35.1 Å². The van der Waals surface area contributed by atoms with E-state index in [0.29, 0.717) is 42.0 Å². The summed E-state index contributed by atoms with van der Waals surface area (Å²) in [6, 6.07) is 7.26. The van der Waals surface area contributed by atoms with Crippen molar-refractivity contribution in [3.05, 3.63) is 43.1 Å². The third kappa shape index (κ3) is 7.02. The van der Waals surface area contributed by atoms with Crippen LogP contribution in [0.25, 0.3) is 22.2 Å². The Morgan fingerprint density at radius 3 is 2.51 bits per heavy atom. The first kappa shape index (κ1) is 28.5. The van der Waals surface area contributed by atoms with E-state index in [1.54, 1.807) is 20.4 Å². The number of piperazine rings is 1. The molecule has 1 aromatic carbocycles. The van der Waals surface area contributed by atoms with Gasteiger partial charge in [0.15, 0.2) is 5.82 Å². The van der Waals surface area contributed by atoms with Crippen LogP contribution in [0.5, 0.6) is 11.5 Å². The smallest absolute Gasteiger partial charge is 0.243 e. The van der Waals surface area contributed by atoms with E-state index in [9.17, 15) is 4.79 Å². The van der Waals surface area contributed by atoms with E-state index >= 15 is 0 Å². The first-order valence-electron chi connectivity index (χ1n) is 13.8. The Morgan fingerprint density at radius 1 is 1.07 bits per heavy atom. The summed E-state index contributed by atoms with van der Waals surface area (Å²) >= 11 is 0. The fourth-order valence-corrected chi connectivity index (χ4v) is 4.99. The number of likely N-dealkylation sites (N-methyl/N-ethyl adjacent to an activating group) is 1. The molecule has 2 aliphatic heterocycles. The molecule has 12 nitrogen and oxygen atoms in total. The average Bonchev–Trinajstić information content (AvgIpc) is 3.43. The normalized spacial score (nSPS) is 19.6. The van der Waals surface area contributed by atoms with Crippen molar-refractivity contribution in [2.75, 3.05) is 84.4 Å². The molecule has 12 heteroatoms. The van der Waals surface area contributed by atoms with E-state index in [4.69, 9.17) is 24.2 Å². The zero-order valence-electron chi connectivity index (χ0n) is 23.9. The number of nitrogens with zero attached hydrogens (tertiary/aromatic N) is 5. The highest BCUT2D eigenvalue weighted by Gasteiger charge is 2.30. The summed E-state index contributed by atoms with van der Waals surface area (Å²) in [4.78, 5) is 31.1. The minimum absolute atomic E-state index is 0.179. The number of fused-ring (bicyclic) bond motifs is 1. The molecular formula is C29H38N8O4. The second kappa shape index (κ2) is 13.1. The van der Waals surface area contributed by atoms with Crippen LogP contribution in [-0.4, -0.2) is 116 Å². The number of anilines is 2. The highest BCUT2D eigenvalue weighted by atomic mass is 16.5. The van der Waals surface area contributed by atoms with Crippen LogP contribution < -0.4 is 25.4 Å². The van der Waals surface area contributed by atoms with Gasteiger partial charge in [-0.05, 0) is 31.3 Å². The summed E-state index contributed by atoms with van der Waals surface area (Å²) in [6.07, 6.45) is 3.04. The van der Waals surface area contributed by atoms with E-state index in [0.717, 1.165) is 55.9 Å². The van der Waals surface area contributed by atoms with Gasteiger partial charge in [0.2, 0.25) is 11.9 Å². The number of amides is 1. The maximum Gasteiger partial charge on any atom is 0.243 e. The van der Waals surface area contributed by atoms with Gasteiger partial charge in [0.05, 0.1) is 45.2 Å². The van der Waals surface area contributed by atoms with Crippen molar-refractivity contribution in [3.63, 3.8) is 0 Å². The zero-order valence-corrected chi connectivity index (χ0v) is 23.9. The van der Waals surface area contributed by atoms with Crippen molar-refractivity contribution in [3.8, 4) is 22.8 Å². The van der Waals surface area contributed by atoms with Crippen molar-refractivity contribution in [1.82, 2.24) is 30.1 Å². The Bertz CT molecular complexity index is 1360. The first-order valence-corrected chi connectivity index (χ1v) is 13.8. The topological polar surface area (TPSA) is 126 Å². The van der Waals surface area contributed by atoms with Gasteiger partial charge in [-0.3, -0.25) is 9.69 Å². The summed E-state index contributed by atoms with van der Waals surface area (Å²) in [5.74, 6) is 2.21. The van der Waals surface area contributed by atoms with Gasteiger partial charge in [-0.25, -0.2) is 15.0 Å². The van der Waals surface area contributed by atoms with Crippen molar-refractivity contribution in [1.29, 1.82) is 0 Å². The molecule has 3 aromatic rings. The molecule has 41 heavy (non-hydrogen) atoms. The van der Waals surface area contributed by atoms with Crippen LogP contribution in [0.4, 0.5) is 11.8 Å². The van der Waals surface area contributed by atoms with Crippen molar-refractivity contribution < 1.29 is 19.0 Å². The molecule has 2 aromatic heterocycles. The standard InChI is InChI=1S/C29H38N8O4/c1-5-26(38)32-24-17-41-18-25(24)34-29-31-16-20-14-23(19-12-21(39-3)15-22(13-19)40-4)33-28(27(20)35-29)30-6-7-37-10-8-36(2)9-11-37/h5,12-16,24-25H,1,6-11,17-18H2,2-4H3,(H,30,33)(H,32,38)(H,31,34,35)/t24-,25+/m0/s1. The highest BCUT2D eigenvalue weighted by molar-refractivity contribution is 5.92. The van der Waals surface area contributed by atoms with Crippen molar-refractivity contribution in [2.45, 2.75) is 12.1 Å². The van der Waals surface area contributed by atoms with Gasteiger partial charge in [0.1, 0.15) is 17.0 Å². The monoisotopic (exact) mass is 562 g/mol. The molecule has 5 rings (SSSR count). The van der Waals surface area contributed by atoms with Crippen LogP contribution in [-0.2, 0) is 9.53 Å². The van der Waals surface area contributed by atoms with Crippen LogP contribution in [0, 0.1) is 0 Å². The third-order valence-corrected chi connectivity index (χ3v) is 7.44. The van der Waals surface area contributed by atoms with Crippen LogP contribution >= 0.6 is 0 Å². The second-order valence-corrected chi connectivity index (χ2v) is 10.3. The summed E-state index contributed by atoms with van der Waals surface area (Å²) in [6.45, 7) is 10.2. The number of benzene rings is 1. The largest absolute Gasteiger partial charge is 0.497 e. The molecule has 0 unspecified atom stereocenters. The lowest BCUT2D eigenvalue weighted by atomic mass is 10.1. The van der Waals surface area contributed by atoms with E-state index in [2.05, 4.69) is 44.4 Å². The van der Waals surface area contributed by atoms with Gasteiger partial charge in [-0.2, -0.15) is 0 Å². The van der Waals surface area contributed by atoms with Crippen molar-refractivity contribution in [2.24, 2.45) is 0 Å². The number of ether oxygens (including phenoxy) is 3. The molecule has 1 amide bonds. The predicted molar refractivity (Wildman–Crippen MR) is 159 cm³/mol. The lowest BCUT2D eigenvalue weighted by Crippen LogP contribution is -2.45. The lowest BCUT2D eigenvalue weighted by molar-refractivity contribution is -0.117. The molecule has 0 saturated carbocycles. The van der Waals surface area contributed by atoms with Gasteiger partial charge in [0, 0.05) is 62.5 Å². The molecule has 2 fully saturated rings. The minimum Gasteiger partial charge on any atom is -0.497 e. The van der Waals surface area contributed by atoms with E-state index in [-0.39, 0.29) is 18.0 Å². The molecule has 2 saturated heterocycles. The molecule has 2 atom stereocenters. The van der Waals surface area contributed by atoms with Crippen LogP contribution in [0.3, 0.4) is 0 Å². The quantitative estimate of drug-likeness (QED) is 0.297. The molecule has 0 radical (unpaired) electrons. The Kier molecular flexibility index (Phi) is 9.12. The maximum atomic E-state index is 11.9. The number of hydrogen-bond acceptors (Lipinski definition) is 11. The van der Waals surface area contributed by atoms with E-state index < -0.39 is 0 Å². The lowest BCUT2D eigenvalue weighted by Gasteiger charge is -2.32. The number of methoxy groups -OCH3 is 2. The summed E-state index contributed by atoms with van der Waals surface area (Å²) in [5, 5.41) is 10.6. The molecule has 0 spiro atoms. The van der Waals surface area contributed by atoms with Gasteiger partial charge in [-0.1, -0.05) is 6.58 Å². The van der Waals surface area contributed by atoms with E-state index in [1.807, 2.05) is 24.3 Å². The SMILES string of the molecule is C=CC(=O)N[C@H]1COC[C@H]1Nc1ncc2cc(-c3cc(OC)cc(OC)c3)nc(NCCN3CCN(C)CC3)c2n1. The van der Waals surface area contributed by atoms with Gasteiger partial charge >= 0.3 is 0 Å². The highest BCUT2D eigenvalue weighted by Crippen LogP contribution is 2.32. The van der Waals surface area contributed by atoms with Gasteiger partial charge in [-0.15, -0.1) is 0 Å². The maximum absolute atomic E-state index is 11.9. The first-order chi connectivity index (χ1) is 19.9. The molecule has 2 aliphatic rings. The Hall–Kier alpha value is -4.00. The molecular weight excluding hydrogens is 524 g/mol. The fourth-order valence-electron chi connectivity index (χ4n) is 4.99. The molecule has 3 N–H and O–H groups in total. The summed E-state index contributed by atoms with van der Waals surface area (Å²) < 4.78 is 16.6. The minimum atomic E-state index is -0.246. The summed E-state index contributed by atoms with van der Waals surface area (Å²) in [5.41, 5.74) is 2.30. The Labute approximate surface area is 240 Å². The Balaban J connectivity index is 1.43. The number of carbonyl (C=O) groups excluding carboxylic acids is 1. The number of rotatable bonds is 11. The fraction of sp³-hybridized carbons (Fsp3) is 0.448. The number of hydrogen-bond donors (Lipinski definition) is 3. The molecule has 0 aliphatic carbocycles.